The van der Waals surface area contributed by atoms with E-state index in [0.29, 0.717) is 13.1 Å². The summed E-state index contributed by atoms with van der Waals surface area (Å²) in [6, 6.07) is 15.9. The van der Waals surface area contributed by atoms with Crippen LogP contribution in [-0.2, 0) is 6.54 Å². The van der Waals surface area contributed by atoms with E-state index in [1.807, 2.05) is 55.5 Å². The normalized spacial score (nSPS) is 12.1. The van der Waals surface area contributed by atoms with Crippen molar-refractivity contribution in [1.82, 2.24) is 5.32 Å². The van der Waals surface area contributed by atoms with E-state index < -0.39 is 6.10 Å². The molecule has 2 rings (SSSR count). The molecular formula is C17H20BrNO2. The Morgan fingerprint density at radius 2 is 2.00 bits per heavy atom. The van der Waals surface area contributed by atoms with Crippen molar-refractivity contribution in [3.05, 3.63) is 64.1 Å². The second kappa shape index (κ2) is 8.17. The van der Waals surface area contributed by atoms with Gasteiger partial charge in [0, 0.05) is 17.6 Å². The average Bonchev–Trinajstić information content (AvgIpc) is 2.47. The van der Waals surface area contributed by atoms with E-state index in [-0.39, 0.29) is 6.61 Å². The second-order valence-corrected chi connectivity index (χ2v) is 5.86. The largest absolute Gasteiger partial charge is 0.491 e. The summed E-state index contributed by atoms with van der Waals surface area (Å²) in [6.45, 7) is 3.51. The van der Waals surface area contributed by atoms with Gasteiger partial charge in [0.2, 0.25) is 0 Å². The van der Waals surface area contributed by atoms with E-state index in [0.717, 1.165) is 15.8 Å². The molecule has 0 aromatic heterocycles. The molecule has 0 radical (unpaired) electrons. The first-order valence-corrected chi connectivity index (χ1v) is 7.76. The minimum atomic E-state index is -0.534. The number of hydrogen-bond acceptors (Lipinski definition) is 3. The number of hydrogen-bond donors (Lipinski definition) is 2. The quantitative estimate of drug-likeness (QED) is 0.805. The number of benzene rings is 2. The number of aliphatic hydroxyl groups excluding tert-OH is 1. The third kappa shape index (κ3) is 5.50. The van der Waals surface area contributed by atoms with E-state index in [1.54, 1.807) is 0 Å². The van der Waals surface area contributed by atoms with Crippen molar-refractivity contribution in [2.24, 2.45) is 0 Å². The van der Waals surface area contributed by atoms with Crippen LogP contribution in [0.3, 0.4) is 0 Å². The van der Waals surface area contributed by atoms with Crippen LogP contribution in [0.4, 0.5) is 0 Å². The van der Waals surface area contributed by atoms with Gasteiger partial charge in [-0.3, -0.25) is 0 Å². The molecule has 1 atom stereocenters. The number of ether oxygens (including phenoxy) is 1. The summed E-state index contributed by atoms with van der Waals surface area (Å²) >= 11 is 3.50. The lowest BCUT2D eigenvalue weighted by molar-refractivity contribution is 0.106. The van der Waals surface area contributed by atoms with Gasteiger partial charge in [0.15, 0.2) is 0 Å². The maximum absolute atomic E-state index is 9.93. The average molecular weight is 350 g/mol. The highest BCUT2D eigenvalue weighted by Gasteiger charge is 2.06. The SMILES string of the molecule is Cc1cccc(OCC(O)CNCc2ccccc2Br)c1. The monoisotopic (exact) mass is 349 g/mol. The highest BCUT2D eigenvalue weighted by Crippen LogP contribution is 2.15. The summed E-state index contributed by atoms with van der Waals surface area (Å²) in [5.41, 5.74) is 2.32. The maximum Gasteiger partial charge on any atom is 0.119 e. The molecule has 0 fully saturated rings. The molecule has 0 bridgehead atoms. The van der Waals surface area contributed by atoms with Crippen molar-refractivity contribution in [2.45, 2.75) is 19.6 Å². The third-order valence-corrected chi connectivity index (χ3v) is 3.86. The minimum absolute atomic E-state index is 0.284. The molecule has 0 saturated carbocycles. The summed E-state index contributed by atoms with van der Waals surface area (Å²) in [7, 11) is 0. The first-order valence-electron chi connectivity index (χ1n) is 6.97. The molecule has 0 aliphatic rings. The van der Waals surface area contributed by atoms with Crippen LogP contribution in [0.25, 0.3) is 0 Å². The second-order valence-electron chi connectivity index (χ2n) is 5.00. The van der Waals surface area contributed by atoms with Crippen LogP contribution in [-0.4, -0.2) is 24.4 Å². The Bertz CT molecular complexity index is 574. The summed E-state index contributed by atoms with van der Waals surface area (Å²) in [5, 5.41) is 13.2. The topological polar surface area (TPSA) is 41.5 Å². The fraction of sp³-hybridized carbons (Fsp3) is 0.294. The van der Waals surface area contributed by atoms with Crippen LogP contribution in [0.5, 0.6) is 5.75 Å². The molecule has 3 nitrogen and oxygen atoms in total. The van der Waals surface area contributed by atoms with E-state index in [4.69, 9.17) is 4.74 Å². The van der Waals surface area contributed by atoms with Gasteiger partial charge in [-0.2, -0.15) is 0 Å². The molecule has 0 aliphatic carbocycles. The van der Waals surface area contributed by atoms with E-state index in [2.05, 4.69) is 21.2 Å². The standard InChI is InChI=1S/C17H20BrNO2/c1-13-5-4-7-16(9-13)21-12-15(20)11-19-10-14-6-2-3-8-17(14)18/h2-9,15,19-20H,10-12H2,1H3. The Morgan fingerprint density at radius 3 is 2.76 bits per heavy atom. The Hall–Kier alpha value is -1.36. The van der Waals surface area contributed by atoms with Crippen LogP contribution in [0.2, 0.25) is 0 Å². The van der Waals surface area contributed by atoms with Gasteiger partial charge in [-0.1, -0.05) is 46.3 Å². The first kappa shape index (κ1) is 16.0. The smallest absolute Gasteiger partial charge is 0.119 e. The molecule has 0 saturated heterocycles. The molecule has 2 aromatic carbocycles. The fourth-order valence-corrected chi connectivity index (χ4v) is 2.40. The summed E-state index contributed by atoms with van der Waals surface area (Å²) in [4.78, 5) is 0. The maximum atomic E-state index is 9.93. The van der Waals surface area contributed by atoms with Gasteiger partial charge in [-0.05, 0) is 36.2 Å². The van der Waals surface area contributed by atoms with Crippen molar-refractivity contribution in [3.8, 4) is 5.75 Å². The number of rotatable bonds is 7. The van der Waals surface area contributed by atoms with Gasteiger partial charge in [-0.15, -0.1) is 0 Å². The molecule has 112 valence electrons. The van der Waals surface area contributed by atoms with Gasteiger partial charge >= 0.3 is 0 Å². The number of halogens is 1. The van der Waals surface area contributed by atoms with Gasteiger partial charge in [-0.25, -0.2) is 0 Å². The van der Waals surface area contributed by atoms with E-state index in [1.165, 1.54) is 5.56 Å². The lowest BCUT2D eigenvalue weighted by Gasteiger charge is -2.14. The van der Waals surface area contributed by atoms with Crippen LogP contribution in [0.1, 0.15) is 11.1 Å². The van der Waals surface area contributed by atoms with Crippen LogP contribution in [0.15, 0.2) is 53.0 Å². The first-order chi connectivity index (χ1) is 10.1. The molecule has 0 amide bonds. The van der Waals surface area contributed by atoms with Crippen LogP contribution in [0, 0.1) is 6.92 Å². The Balaban J connectivity index is 1.70. The number of aliphatic hydroxyl groups is 1. The van der Waals surface area contributed by atoms with Crippen molar-refractivity contribution < 1.29 is 9.84 Å². The zero-order valence-electron chi connectivity index (χ0n) is 12.1. The lowest BCUT2D eigenvalue weighted by atomic mass is 10.2. The zero-order valence-corrected chi connectivity index (χ0v) is 13.6. The highest BCUT2D eigenvalue weighted by molar-refractivity contribution is 9.10. The Labute approximate surface area is 134 Å². The number of aryl methyl sites for hydroxylation is 1. The molecule has 0 spiro atoms. The summed E-state index contributed by atoms with van der Waals surface area (Å²) < 4.78 is 6.65. The zero-order chi connectivity index (χ0) is 15.1. The molecular weight excluding hydrogens is 330 g/mol. The van der Waals surface area contributed by atoms with Crippen LogP contribution >= 0.6 is 15.9 Å². The minimum Gasteiger partial charge on any atom is -0.491 e. The van der Waals surface area contributed by atoms with Gasteiger partial charge in [0.1, 0.15) is 18.5 Å². The summed E-state index contributed by atoms with van der Waals surface area (Å²) in [5.74, 6) is 0.792. The number of nitrogens with one attached hydrogen (secondary N) is 1. The van der Waals surface area contributed by atoms with Crippen molar-refractivity contribution in [3.63, 3.8) is 0 Å². The molecule has 2 N–H and O–H groups in total. The highest BCUT2D eigenvalue weighted by atomic mass is 79.9. The fourth-order valence-electron chi connectivity index (χ4n) is 1.97. The molecule has 2 aromatic rings. The predicted octanol–water partition coefficient (Wildman–Crippen LogP) is 3.29. The lowest BCUT2D eigenvalue weighted by Crippen LogP contribution is -2.31. The van der Waals surface area contributed by atoms with Gasteiger partial charge in [0.05, 0.1) is 0 Å². The molecule has 1 unspecified atom stereocenters. The predicted molar refractivity (Wildman–Crippen MR) is 88.5 cm³/mol. The van der Waals surface area contributed by atoms with Crippen LogP contribution < -0.4 is 10.1 Å². The van der Waals surface area contributed by atoms with Crippen molar-refractivity contribution >= 4 is 15.9 Å². The summed E-state index contributed by atoms with van der Waals surface area (Å²) in [6.07, 6.45) is -0.534. The molecule has 0 aliphatic heterocycles. The van der Waals surface area contributed by atoms with Crippen molar-refractivity contribution in [1.29, 1.82) is 0 Å². The van der Waals surface area contributed by atoms with E-state index in [9.17, 15) is 5.11 Å². The molecule has 4 heteroatoms. The van der Waals surface area contributed by atoms with E-state index >= 15 is 0 Å². The molecule has 0 heterocycles. The van der Waals surface area contributed by atoms with Gasteiger partial charge < -0.3 is 15.2 Å². The third-order valence-electron chi connectivity index (χ3n) is 3.09. The van der Waals surface area contributed by atoms with Gasteiger partial charge in [0.25, 0.3) is 0 Å². The molecule has 21 heavy (non-hydrogen) atoms. The van der Waals surface area contributed by atoms with Crippen molar-refractivity contribution in [2.75, 3.05) is 13.2 Å². The Morgan fingerprint density at radius 1 is 1.19 bits per heavy atom. The Kier molecular flexibility index (Phi) is 6.23.